The molecule has 0 aliphatic carbocycles. The molecule has 0 spiro atoms. The predicted molar refractivity (Wildman–Crippen MR) is 113 cm³/mol. The van der Waals surface area contributed by atoms with Crippen molar-refractivity contribution in [1.29, 1.82) is 0 Å². The van der Waals surface area contributed by atoms with Gasteiger partial charge in [-0.15, -0.1) is 0 Å². The van der Waals surface area contributed by atoms with E-state index in [0.717, 1.165) is 0 Å². The van der Waals surface area contributed by atoms with E-state index in [9.17, 15) is 24.5 Å². The summed E-state index contributed by atoms with van der Waals surface area (Å²) in [6.07, 6.45) is -0.118. The molecule has 1 saturated heterocycles. The van der Waals surface area contributed by atoms with E-state index in [1.54, 1.807) is 24.3 Å². The van der Waals surface area contributed by atoms with E-state index in [1.807, 2.05) is 0 Å². The molecule has 3 rings (SSSR count). The fraction of sp³-hybridized carbons (Fsp3) is 0.286. The summed E-state index contributed by atoms with van der Waals surface area (Å²) >= 11 is 0. The standard InChI is InChI=1S/C21H21N3O8/c1-30-16-6-7-18(31-2)17(10-16)22-19(25)12-32-21(27)13-8-20(26)23(11-13)14-4-3-5-15(9-14)24(28)29/h3-7,9-10,13H,8,11-12H2,1-2H3,(H,22,25)/t13-/m0/s1. The molecule has 0 saturated carbocycles. The first kappa shape index (κ1) is 22.5. The van der Waals surface area contributed by atoms with Gasteiger partial charge >= 0.3 is 5.97 Å². The van der Waals surface area contributed by atoms with E-state index >= 15 is 0 Å². The molecule has 1 fully saturated rings. The molecule has 0 aromatic heterocycles. The van der Waals surface area contributed by atoms with Crippen LogP contribution in [-0.4, -0.2) is 50.1 Å². The Hall–Kier alpha value is -4.15. The van der Waals surface area contributed by atoms with Crippen LogP contribution in [0.2, 0.25) is 0 Å². The molecule has 1 aliphatic rings. The Morgan fingerprint density at radius 3 is 2.66 bits per heavy atom. The summed E-state index contributed by atoms with van der Waals surface area (Å²) in [5, 5.41) is 13.5. The number of nitro benzene ring substituents is 1. The van der Waals surface area contributed by atoms with Gasteiger partial charge in [-0.2, -0.15) is 0 Å². The maximum Gasteiger partial charge on any atom is 0.311 e. The number of non-ortho nitro benzene ring substituents is 1. The molecule has 1 heterocycles. The number of esters is 1. The van der Waals surface area contributed by atoms with E-state index in [2.05, 4.69) is 5.32 Å². The van der Waals surface area contributed by atoms with Crippen molar-refractivity contribution in [1.82, 2.24) is 0 Å². The van der Waals surface area contributed by atoms with Crippen LogP contribution < -0.4 is 19.7 Å². The summed E-state index contributed by atoms with van der Waals surface area (Å²) in [5.41, 5.74) is 0.508. The van der Waals surface area contributed by atoms with Gasteiger partial charge in [0.1, 0.15) is 11.5 Å². The van der Waals surface area contributed by atoms with Gasteiger partial charge in [-0.25, -0.2) is 0 Å². The van der Waals surface area contributed by atoms with E-state index in [1.165, 1.54) is 37.3 Å². The molecule has 11 nitrogen and oxygen atoms in total. The van der Waals surface area contributed by atoms with Gasteiger partial charge in [0.25, 0.3) is 11.6 Å². The Morgan fingerprint density at radius 2 is 1.97 bits per heavy atom. The van der Waals surface area contributed by atoms with Crippen molar-refractivity contribution < 1.29 is 33.5 Å². The minimum absolute atomic E-state index is 0.00413. The number of carbonyl (C=O) groups is 3. The zero-order chi connectivity index (χ0) is 23.3. The normalized spacial score (nSPS) is 15.2. The maximum absolute atomic E-state index is 12.4. The molecule has 2 aromatic rings. The van der Waals surface area contributed by atoms with Crippen LogP contribution in [0.3, 0.4) is 0 Å². The summed E-state index contributed by atoms with van der Waals surface area (Å²) in [6.45, 7) is -0.551. The fourth-order valence-corrected chi connectivity index (χ4v) is 3.24. The molecule has 2 amide bonds. The van der Waals surface area contributed by atoms with Crippen LogP contribution in [0.5, 0.6) is 11.5 Å². The molecule has 11 heteroatoms. The molecule has 0 bridgehead atoms. The molecule has 1 N–H and O–H groups in total. The second kappa shape index (κ2) is 9.77. The van der Waals surface area contributed by atoms with Crippen molar-refractivity contribution in [2.45, 2.75) is 6.42 Å². The van der Waals surface area contributed by atoms with Crippen molar-refractivity contribution in [2.24, 2.45) is 5.92 Å². The van der Waals surface area contributed by atoms with Gasteiger partial charge in [0.05, 0.1) is 36.4 Å². The molecule has 32 heavy (non-hydrogen) atoms. The molecule has 0 radical (unpaired) electrons. The van der Waals surface area contributed by atoms with E-state index in [0.29, 0.717) is 22.9 Å². The monoisotopic (exact) mass is 443 g/mol. The van der Waals surface area contributed by atoms with Gasteiger partial charge in [-0.3, -0.25) is 24.5 Å². The molecule has 1 atom stereocenters. The van der Waals surface area contributed by atoms with Crippen molar-refractivity contribution in [3.05, 3.63) is 52.6 Å². The molecule has 168 valence electrons. The number of anilines is 2. The fourth-order valence-electron chi connectivity index (χ4n) is 3.24. The number of nitrogens with one attached hydrogen (secondary N) is 1. The lowest BCUT2D eigenvalue weighted by Crippen LogP contribution is -2.28. The van der Waals surface area contributed by atoms with Crippen molar-refractivity contribution in [2.75, 3.05) is 37.6 Å². The summed E-state index contributed by atoms with van der Waals surface area (Å²) in [7, 11) is 2.93. The number of carbonyl (C=O) groups excluding carboxylic acids is 3. The minimum Gasteiger partial charge on any atom is -0.497 e. The third-order valence-electron chi connectivity index (χ3n) is 4.84. The smallest absolute Gasteiger partial charge is 0.311 e. The van der Waals surface area contributed by atoms with E-state index < -0.39 is 29.3 Å². The highest BCUT2D eigenvalue weighted by molar-refractivity contribution is 6.00. The highest BCUT2D eigenvalue weighted by Gasteiger charge is 2.36. The Balaban J connectivity index is 1.58. The number of methoxy groups -OCH3 is 2. The number of nitrogens with zero attached hydrogens (tertiary/aromatic N) is 2. The summed E-state index contributed by atoms with van der Waals surface area (Å²) in [4.78, 5) is 48.6. The van der Waals surface area contributed by atoms with Crippen LogP contribution in [-0.2, 0) is 19.1 Å². The predicted octanol–water partition coefficient (Wildman–Crippen LogP) is 2.15. The van der Waals surface area contributed by atoms with E-state index in [4.69, 9.17) is 14.2 Å². The first-order valence-electron chi connectivity index (χ1n) is 9.55. The largest absolute Gasteiger partial charge is 0.497 e. The van der Waals surface area contributed by atoms with Gasteiger partial charge in [-0.1, -0.05) is 6.07 Å². The summed E-state index contributed by atoms with van der Waals surface area (Å²) in [5.74, 6) is -1.55. The average molecular weight is 443 g/mol. The number of benzene rings is 2. The third kappa shape index (κ3) is 5.12. The first-order valence-corrected chi connectivity index (χ1v) is 9.55. The Bertz CT molecular complexity index is 1060. The van der Waals surface area contributed by atoms with Crippen LogP contribution in [0.4, 0.5) is 17.1 Å². The average Bonchev–Trinajstić information content (AvgIpc) is 3.19. The van der Waals surface area contributed by atoms with Gasteiger partial charge in [-0.05, 0) is 18.2 Å². The number of hydrogen-bond donors (Lipinski definition) is 1. The summed E-state index contributed by atoms with van der Waals surface area (Å²) < 4.78 is 15.4. The molecule has 1 aliphatic heterocycles. The van der Waals surface area contributed by atoms with Crippen LogP contribution >= 0.6 is 0 Å². The zero-order valence-electron chi connectivity index (χ0n) is 17.4. The number of nitro groups is 1. The maximum atomic E-state index is 12.4. The first-order chi connectivity index (χ1) is 15.3. The van der Waals surface area contributed by atoms with Crippen molar-refractivity contribution in [3.8, 4) is 11.5 Å². The lowest BCUT2D eigenvalue weighted by molar-refractivity contribution is -0.384. The minimum atomic E-state index is -0.791. The van der Waals surface area contributed by atoms with E-state index in [-0.39, 0.29) is 24.6 Å². The highest BCUT2D eigenvalue weighted by Crippen LogP contribution is 2.30. The van der Waals surface area contributed by atoms with Gasteiger partial charge in [0.15, 0.2) is 6.61 Å². The highest BCUT2D eigenvalue weighted by atomic mass is 16.6. The Labute approximate surface area is 183 Å². The number of ether oxygens (including phenoxy) is 3. The van der Waals surface area contributed by atoms with Crippen molar-refractivity contribution >= 4 is 34.8 Å². The van der Waals surface area contributed by atoms with Gasteiger partial charge in [0, 0.05) is 31.2 Å². The number of rotatable bonds is 8. The van der Waals surface area contributed by atoms with Crippen LogP contribution in [0.1, 0.15) is 6.42 Å². The SMILES string of the molecule is COc1ccc(OC)c(NC(=O)COC(=O)[C@H]2CC(=O)N(c3cccc([N+](=O)[O-])c3)C2)c1. The van der Waals surface area contributed by atoms with Crippen LogP contribution in [0.15, 0.2) is 42.5 Å². The number of hydrogen-bond acceptors (Lipinski definition) is 8. The Morgan fingerprint density at radius 1 is 1.19 bits per heavy atom. The Kier molecular flexibility index (Phi) is 6.88. The lowest BCUT2D eigenvalue weighted by Gasteiger charge is -2.16. The summed E-state index contributed by atoms with van der Waals surface area (Å²) in [6, 6.07) is 10.4. The quantitative estimate of drug-likeness (QED) is 0.372. The van der Waals surface area contributed by atoms with Crippen LogP contribution in [0.25, 0.3) is 0 Å². The zero-order valence-corrected chi connectivity index (χ0v) is 17.4. The topological polar surface area (TPSA) is 137 Å². The molecule has 2 aromatic carbocycles. The second-order valence-electron chi connectivity index (χ2n) is 6.90. The molecular weight excluding hydrogens is 422 g/mol. The van der Waals surface area contributed by atoms with Crippen molar-refractivity contribution in [3.63, 3.8) is 0 Å². The second-order valence-corrected chi connectivity index (χ2v) is 6.90. The van der Waals surface area contributed by atoms with Gasteiger partial charge < -0.3 is 24.4 Å². The van der Waals surface area contributed by atoms with Crippen LogP contribution in [0, 0.1) is 16.0 Å². The molecular formula is C21H21N3O8. The lowest BCUT2D eigenvalue weighted by atomic mass is 10.1. The molecule has 0 unspecified atom stereocenters. The van der Waals surface area contributed by atoms with Gasteiger partial charge in [0.2, 0.25) is 5.91 Å². The number of amides is 2. The third-order valence-corrected chi connectivity index (χ3v) is 4.84.